The van der Waals surface area contributed by atoms with Crippen molar-refractivity contribution in [3.63, 3.8) is 0 Å². The predicted molar refractivity (Wildman–Crippen MR) is 51.8 cm³/mol. The molecule has 0 saturated carbocycles. The zero-order valence-corrected chi connectivity index (χ0v) is 8.63. The minimum atomic E-state index is -4.42. The summed E-state index contributed by atoms with van der Waals surface area (Å²) in [6, 6.07) is 2.69. The van der Waals surface area contributed by atoms with Gasteiger partial charge in [0.05, 0.1) is 11.3 Å². The number of aryl methyl sites for hydroxylation is 2. The van der Waals surface area contributed by atoms with Gasteiger partial charge in [-0.3, -0.25) is 0 Å². The average Bonchev–Trinajstić information content (AvgIpc) is 2.17. The van der Waals surface area contributed by atoms with Crippen molar-refractivity contribution in [3.8, 4) is 0 Å². The molecule has 84 valence electrons. The normalized spacial score (nSPS) is 12.1. The van der Waals surface area contributed by atoms with E-state index in [1.807, 2.05) is 0 Å². The number of benzene rings is 1. The van der Waals surface area contributed by atoms with Gasteiger partial charge in [-0.1, -0.05) is 0 Å². The number of hydrogen-bond donors (Lipinski definition) is 0. The van der Waals surface area contributed by atoms with Crippen LogP contribution < -0.4 is 0 Å². The highest BCUT2D eigenvalue weighted by atomic mass is 19.4. The van der Waals surface area contributed by atoms with Crippen LogP contribution in [0.1, 0.15) is 16.8 Å². The SMILES string of the molecule is Cc1cc(C(F)(F)F)c2nnnc(C)c2c1. The summed E-state index contributed by atoms with van der Waals surface area (Å²) in [6.45, 7) is 3.21. The van der Waals surface area contributed by atoms with E-state index in [0.717, 1.165) is 6.07 Å². The van der Waals surface area contributed by atoms with Crippen molar-refractivity contribution >= 4 is 10.9 Å². The summed E-state index contributed by atoms with van der Waals surface area (Å²) in [5.74, 6) is 0. The van der Waals surface area contributed by atoms with Gasteiger partial charge >= 0.3 is 6.18 Å². The Labute approximate surface area is 89.3 Å². The van der Waals surface area contributed by atoms with Crippen LogP contribution in [-0.2, 0) is 6.18 Å². The Morgan fingerprint density at radius 3 is 2.38 bits per heavy atom. The highest BCUT2D eigenvalue weighted by Gasteiger charge is 2.34. The Bertz CT molecular complexity index is 549. The van der Waals surface area contributed by atoms with Crippen molar-refractivity contribution in [1.29, 1.82) is 0 Å². The zero-order chi connectivity index (χ0) is 11.9. The van der Waals surface area contributed by atoms with Crippen molar-refractivity contribution in [2.24, 2.45) is 0 Å². The molecule has 2 rings (SSSR count). The molecule has 1 aromatic carbocycles. The first-order valence-electron chi connectivity index (χ1n) is 4.57. The van der Waals surface area contributed by atoms with Crippen molar-refractivity contribution in [2.75, 3.05) is 0 Å². The third-order valence-corrected chi connectivity index (χ3v) is 2.29. The average molecular weight is 227 g/mol. The first-order chi connectivity index (χ1) is 7.39. The maximum atomic E-state index is 12.7. The van der Waals surface area contributed by atoms with E-state index in [1.54, 1.807) is 19.9 Å². The lowest BCUT2D eigenvalue weighted by Gasteiger charge is -2.10. The quantitative estimate of drug-likeness (QED) is 0.694. The van der Waals surface area contributed by atoms with Gasteiger partial charge < -0.3 is 0 Å². The van der Waals surface area contributed by atoms with Crippen molar-refractivity contribution in [2.45, 2.75) is 20.0 Å². The van der Waals surface area contributed by atoms with Gasteiger partial charge in [0, 0.05) is 5.39 Å². The molecule has 0 unspecified atom stereocenters. The van der Waals surface area contributed by atoms with Gasteiger partial charge in [-0.2, -0.15) is 13.2 Å². The fourth-order valence-electron chi connectivity index (χ4n) is 1.57. The Kier molecular flexibility index (Phi) is 2.29. The molecule has 0 amide bonds. The van der Waals surface area contributed by atoms with Crippen LogP contribution in [0.5, 0.6) is 0 Å². The largest absolute Gasteiger partial charge is 0.418 e. The topological polar surface area (TPSA) is 38.7 Å². The molecule has 0 N–H and O–H groups in total. The Balaban J connectivity index is 2.89. The standard InChI is InChI=1S/C10H8F3N3/c1-5-3-7-6(2)14-16-15-9(7)8(4-5)10(11,12)13/h3-4H,1-2H3. The van der Waals surface area contributed by atoms with Crippen LogP contribution in [0, 0.1) is 13.8 Å². The molecule has 0 radical (unpaired) electrons. The van der Waals surface area contributed by atoms with E-state index >= 15 is 0 Å². The van der Waals surface area contributed by atoms with Gasteiger partial charge in [0.15, 0.2) is 0 Å². The van der Waals surface area contributed by atoms with Gasteiger partial charge in [-0.05, 0) is 36.8 Å². The van der Waals surface area contributed by atoms with Crippen LogP contribution in [0.3, 0.4) is 0 Å². The van der Waals surface area contributed by atoms with E-state index in [4.69, 9.17) is 0 Å². The number of hydrogen-bond acceptors (Lipinski definition) is 3. The molecule has 0 atom stereocenters. The minimum absolute atomic E-state index is 0.148. The van der Waals surface area contributed by atoms with Crippen LogP contribution in [0.2, 0.25) is 0 Å². The summed E-state index contributed by atoms with van der Waals surface area (Å²) in [6.07, 6.45) is -4.42. The van der Waals surface area contributed by atoms with E-state index in [9.17, 15) is 13.2 Å². The van der Waals surface area contributed by atoms with Crippen LogP contribution in [0.4, 0.5) is 13.2 Å². The Morgan fingerprint density at radius 1 is 1.06 bits per heavy atom. The van der Waals surface area contributed by atoms with E-state index < -0.39 is 11.7 Å². The number of halogens is 3. The van der Waals surface area contributed by atoms with Crippen molar-refractivity contribution in [1.82, 2.24) is 15.4 Å². The second-order valence-electron chi connectivity index (χ2n) is 3.58. The third kappa shape index (κ3) is 1.70. The molecule has 0 aliphatic carbocycles. The summed E-state index contributed by atoms with van der Waals surface area (Å²) in [5.41, 5.74) is 0.0584. The van der Waals surface area contributed by atoms with Crippen LogP contribution >= 0.6 is 0 Å². The number of aromatic nitrogens is 3. The zero-order valence-electron chi connectivity index (χ0n) is 8.63. The smallest absolute Gasteiger partial charge is 0.166 e. The van der Waals surface area contributed by atoms with E-state index in [1.165, 1.54) is 0 Å². The van der Waals surface area contributed by atoms with Gasteiger partial charge in [0.2, 0.25) is 0 Å². The van der Waals surface area contributed by atoms with E-state index in [2.05, 4.69) is 15.4 Å². The number of rotatable bonds is 0. The summed E-state index contributed by atoms with van der Waals surface area (Å²) in [5, 5.41) is 10.8. The molecule has 2 aromatic rings. The summed E-state index contributed by atoms with van der Waals surface area (Å²) >= 11 is 0. The van der Waals surface area contributed by atoms with Gasteiger partial charge in [-0.15, -0.1) is 10.2 Å². The molecule has 0 aliphatic heterocycles. The third-order valence-electron chi connectivity index (χ3n) is 2.29. The predicted octanol–water partition coefficient (Wildman–Crippen LogP) is 2.66. The molecule has 3 nitrogen and oxygen atoms in total. The van der Waals surface area contributed by atoms with Crippen molar-refractivity contribution < 1.29 is 13.2 Å². The molecule has 0 saturated heterocycles. The highest BCUT2D eigenvalue weighted by molar-refractivity contribution is 5.84. The maximum Gasteiger partial charge on any atom is 0.418 e. The Hall–Kier alpha value is -1.72. The second-order valence-corrected chi connectivity index (χ2v) is 3.58. The number of fused-ring (bicyclic) bond motifs is 1. The maximum absolute atomic E-state index is 12.7. The number of alkyl halides is 3. The lowest BCUT2D eigenvalue weighted by molar-refractivity contribution is -0.136. The van der Waals surface area contributed by atoms with Gasteiger partial charge in [-0.25, -0.2) is 0 Å². The molecule has 0 fully saturated rings. The first kappa shape index (κ1) is 10.8. The van der Waals surface area contributed by atoms with E-state index in [0.29, 0.717) is 16.6 Å². The number of nitrogens with zero attached hydrogens (tertiary/aromatic N) is 3. The Morgan fingerprint density at radius 2 is 1.75 bits per heavy atom. The van der Waals surface area contributed by atoms with Crippen molar-refractivity contribution in [3.05, 3.63) is 29.0 Å². The van der Waals surface area contributed by atoms with Crippen LogP contribution in [0.25, 0.3) is 10.9 Å². The molecule has 1 heterocycles. The highest BCUT2D eigenvalue weighted by Crippen LogP contribution is 2.34. The molecule has 0 aliphatic rings. The fourth-order valence-corrected chi connectivity index (χ4v) is 1.57. The molecular weight excluding hydrogens is 219 g/mol. The van der Waals surface area contributed by atoms with Crippen LogP contribution in [-0.4, -0.2) is 15.4 Å². The second kappa shape index (κ2) is 3.40. The summed E-state index contributed by atoms with van der Waals surface area (Å²) in [4.78, 5) is 0. The summed E-state index contributed by atoms with van der Waals surface area (Å²) < 4.78 is 38.2. The molecule has 0 spiro atoms. The molecular formula is C10H8F3N3. The first-order valence-corrected chi connectivity index (χ1v) is 4.57. The van der Waals surface area contributed by atoms with Gasteiger partial charge in [0.25, 0.3) is 0 Å². The fraction of sp³-hybridized carbons (Fsp3) is 0.300. The van der Waals surface area contributed by atoms with Gasteiger partial charge in [0.1, 0.15) is 5.52 Å². The lowest BCUT2D eigenvalue weighted by atomic mass is 10.1. The van der Waals surface area contributed by atoms with E-state index in [-0.39, 0.29) is 5.52 Å². The molecule has 6 heteroatoms. The lowest BCUT2D eigenvalue weighted by Crippen LogP contribution is -2.08. The molecule has 1 aromatic heterocycles. The summed E-state index contributed by atoms with van der Waals surface area (Å²) in [7, 11) is 0. The molecule has 0 bridgehead atoms. The minimum Gasteiger partial charge on any atom is -0.166 e. The van der Waals surface area contributed by atoms with Crippen LogP contribution in [0.15, 0.2) is 12.1 Å². The molecule has 16 heavy (non-hydrogen) atoms. The monoisotopic (exact) mass is 227 g/mol.